The van der Waals surface area contributed by atoms with Crippen LogP contribution in [-0.4, -0.2) is 11.7 Å². The molecule has 0 heterocycles. The molecule has 15 heavy (non-hydrogen) atoms. The highest BCUT2D eigenvalue weighted by atomic mass is 16.3. The van der Waals surface area contributed by atoms with E-state index < -0.39 is 0 Å². The van der Waals surface area contributed by atoms with Crippen LogP contribution in [0.3, 0.4) is 0 Å². The Morgan fingerprint density at radius 3 is 2.67 bits per heavy atom. The van der Waals surface area contributed by atoms with Crippen LogP contribution in [0.25, 0.3) is 0 Å². The Labute approximate surface area is 92.1 Å². The molecule has 0 bridgehead atoms. The molecule has 0 aliphatic heterocycles. The van der Waals surface area contributed by atoms with E-state index in [1.165, 1.54) is 12.0 Å². The van der Waals surface area contributed by atoms with Crippen molar-refractivity contribution in [3.05, 3.63) is 35.9 Å². The van der Waals surface area contributed by atoms with Gasteiger partial charge in [0.2, 0.25) is 0 Å². The first-order valence-corrected chi connectivity index (χ1v) is 5.83. The van der Waals surface area contributed by atoms with Gasteiger partial charge in [0.1, 0.15) is 0 Å². The Kier molecular flexibility index (Phi) is 2.83. The molecule has 0 radical (unpaired) electrons. The zero-order valence-corrected chi connectivity index (χ0v) is 9.61. The van der Waals surface area contributed by atoms with Crippen molar-refractivity contribution in [3.8, 4) is 0 Å². The molecule has 1 heteroatoms. The average molecular weight is 204 g/mol. The van der Waals surface area contributed by atoms with Crippen molar-refractivity contribution >= 4 is 0 Å². The van der Waals surface area contributed by atoms with Gasteiger partial charge in [-0.2, -0.15) is 0 Å². The molecule has 0 saturated heterocycles. The van der Waals surface area contributed by atoms with Crippen LogP contribution >= 0.6 is 0 Å². The maximum atomic E-state index is 9.01. The normalized spacial score (nSPS) is 31.3. The molecule has 2 rings (SSSR count). The smallest absolute Gasteiger partial charge is 0.0436 e. The van der Waals surface area contributed by atoms with Gasteiger partial charge in [-0.15, -0.1) is 0 Å². The van der Waals surface area contributed by atoms with Crippen molar-refractivity contribution < 1.29 is 5.11 Å². The van der Waals surface area contributed by atoms with Crippen molar-refractivity contribution in [2.45, 2.75) is 32.6 Å². The lowest BCUT2D eigenvalue weighted by molar-refractivity contribution is 0.245. The van der Waals surface area contributed by atoms with Gasteiger partial charge in [-0.25, -0.2) is 0 Å². The lowest BCUT2D eigenvalue weighted by Crippen LogP contribution is -2.06. The lowest BCUT2D eigenvalue weighted by atomic mass is 9.90. The molecule has 3 atom stereocenters. The van der Waals surface area contributed by atoms with Gasteiger partial charge in [-0.3, -0.25) is 0 Å². The molecule has 1 aromatic rings. The molecule has 0 unspecified atom stereocenters. The van der Waals surface area contributed by atoms with E-state index in [4.69, 9.17) is 5.11 Å². The fourth-order valence-corrected chi connectivity index (χ4v) is 2.76. The monoisotopic (exact) mass is 204 g/mol. The average Bonchev–Trinajstić information content (AvgIpc) is 2.91. The molecule has 0 spiro atoms. The predicted octanol–water partition coefficient (Wildman–Crippen LogP) is 3.20. The van der Waals surface area contributed by atoms with E-state index >= 15 is 0 Å². The summed E-state index contributed by atoms with van der Waals surface area (Å²) in [4.78, 5) is 0. The number of rotatable bonds is 4. The quantitative estimate of drug-likeness (QED) is 0.798. The van der Waals surface area contributed by atoms with Crippen molar-refractivity contribution in [2.75, 3.05) is 6.61 Å². The molecular formula is C14H20O. The second-order valence-corrected chi connectivity index (χ2v) is 5.14. The van der Waals surface area contributed by atoms with Gasteiger partial charge in [0.05, 0.1) is 0 Å². The van der Waals surface area contributed by atoms with Crippen LogP contribution in [0.15, 0.2) is 30.3 Å². The standard InChI is InChI=1S/C14H20O/c1-11(12-6-4-3-5-7-12)13-10-14(13,2)8-9-15/h3-7,11,13,15H,8-10H2,1-2H3/t11-,13-,14+/m0/s1. The van der Waals surface area contributed by atoms with Gasteiger partial charge in [0.25, 0.3) is 0 Å². The fourth-order valence-electron chi connectivity index (χ4n) is 2.76. The molecular weight excluding hydrogens is 184 g/mol. The van der Waals surface area contributed by atoms with E-state index in [1.807, 2.05) is 0 Å². The molecule has 1 aliphatic carbocycles. The van der Waals surface area contributed by atoms with Crippen molar-refractivity contribution in [1.29, 1.82) is 0 Å². The third kappa shape index (κ3) is 2.07. The highest BCUT2D eigenvalue weighted by molar-refractivity contribution is 5.23. The molecule has 0 aromatic heterocycles. The molecule has 1 aromatic carbocycles. The van der Waals surface area contributed by atoms with Gasteiger partial charge in [-0.1, -0.05) is 44.2 Å². The lowest BCUT2D eigenvalue weighted by Gasteiger charge is -2.15. The minimum atomic E-state index is 0.328. The summed E-state index contributed by atoms with van der Waals surface area (Å²) in [6.07, 6.45) is 2.22. The molecule has 0 amide bonds. The SMILES string of the molecule is C[C@@H](c1ccccc1)[C@@H]1C[C@@]1(C)CCO. The summed E-state index contributed by atoms with van der Waals surface area (Å²) in [5.74, 6) is 1.38. The minimum absolute atomic E-state index is 0.328. The highest BCUT2D eigenvalue weighted by Gasteiger charge is 2.51. The van der Waals surface area contributed by atoms with Crippen molar-refractivity contribution in [2.24, 2.45) is 11.3 Å². The first-order valence-electron chi connectivity index (χ1n) is 5.83. The third-order valence-corrected chi connectivity index (χ3v) is 4.03. The Hall–Kier alpha value is -0.820. The Balaban J connectivity index is 2.03. The Morgan fingerprint density at radius 2 is 2.07 bits per heavy atom. The summed E-state index contributed by atoms with van der Waals surface area (Å²) in [7, 11) is 0. The van der Waals surface area contributed by atoms with E-state index in [9.17, 15) is 0 Å². The maximum absolute atomic E-state index is 9.01. The minimum Gasteiger partial charge on any atom is -0.396 e. The molecule has 1 fully saturated rings. The number of aliphatic hydroxyl groups is 1. The fraction of sp³-hybridized carbons (Fsp3) is 0.571. The summed E-state index contributed by atoms with van der Waals surface area (Å²) in [6.45, 7) is 4.93. The van der Waals surface area contributed by atoms with Crippen LogP contribution in [0.5, 0.6) is 0 Å². The largest absolute Gasteiger partial charge is 0.396 e. The number of hydrogen-bond donors (Lipinski definition) is 1. The van der Waals surface area contributed by atoms with Crippen LogP contribution in [0.2, 0.25) is 0 Å². The second-order valence-electron chi connectivity index (χ2n) is 5.14. The second kappa shape index (κ2) is 3.97. The zero-order valence-electron chi connectivity index (χ0n) is 9.61. The van der Waals surface area contributed by atoms with E-state index in [2.05, 4.69) is 44.2 Å². The zero-order chi connectivity index (χ0) is 10.9. The Morgan fingerprint density at radius 1 is 1.40 bits per heavy atom. The number of hydrogen-bond acceptors (Lipinski definition) is 1. The van der Waals surface area contributed by atoms with E-state index in [0.717, 1.165) is 12.3 Å². The highest BCUT2D eigenvalue weighted by Crippen LogP contribution is 2.60. The van der Waals surface area contributed by atoms with Crippen LogP contribution in [-0.2, 0) is 0 Å². The van der Waals surface area contributed by atoms with Gasteiger partial charge in [-0.05, 0) is 35.7 Å². The first kappa shape index (κ1) is 10.7. The molecule has 1 N–H and O–H groups in total. The molecule has 1 saturated carbocycles. The van der Waals surface area contributed by atoms with Crippen LogP contribution in [0.1, 0.15) is 38.2 Å². The summed E-state index contributed by atoms with van der Waals surface area (Å²) < 4.78 is 0. The van der Waals surface area contributed by atoms with Crippen molar-refractivity contribution in [3.63, 3.8) is 0 Å². The maximum Gasteiger partial charge on any atom is 0.0436 e. The number of benzene rings is 1. The van der Waals surface area contributed by atoms with Crippen LogP contribution in [0, 0.1) is 11.3 Å². The molecule has 1 nitrogen and oxygen atoms in total. The van der Waals surface area contributed by atoms with Crippen LogP contribution in [0.4, 0.5) is 0 Å². The summed E-state index contributed by atoms with van der Waals surface area (Å²) >= 11 is 0. The topological polar surface area (TPSA) is 20.2 Å². The van der Waals surface area contributed by atoms with E-state index in [-0.39, 0.29) is 0 Å². The van der Waals surface area contributed by atoms with E-state index in [0.29, 0.717) is 17.9 Å². The van der Waals surface area contributed by atoms with Crippen molar-refractivity contribution in [1.82, 2.24) is 0 Å². The number of aliphatic hydroxyl groups excluding tert-OH is 1. The predicted molar refractivity (Wildman–Crippen MR) is 62.8 cm³/mol. The summed E-state index contributed by atoms with van der Waals surface area (Å²) in [6, 6.07) is 10.7. The Bertz CT molecular complexity index is 319. The molecule has 1 aliphatic rings. The van der Waals surface area contributed by atoms with Crippen LogP contribution < -0.4 is 0 Å². The molecule has 82 valence electrons. The summed E-state index contributed by atoms with van der Waals surface area (Å²) in [5.41, 5.74) is 1.83. The van der Waals surface area contributed by atoms with Gasteiger partial charge in [0.15, 0.2) is 0 Å². The van der Waals surface area contributed by atoms with Gasteiger partial charge < -0.3 is 5.11 Å². The van der Waals surface area contributed by atoms with Gasteiger partial charge >= 0.3 is 0 Å². The third-order valence-electron chi connectivity index (χ3n) is 4.03. The van der Waals surface area contributed by atoms with E-state index in [1.54, 1.807) is 0 Å². The van der Waals surface area contributed by atoms with Gasteiger partial charge in [0, 0.05) is 6.61 Å². The summed E-state index contributed by atoms with van der Waals surface area (Å²) in [5, 5.41) is 9.01. The first-order chi connectivity index (χ1) is 7.17.